The van der Waals surface area contributed by atoms with E-state index in [0.29, 0.717) is 0 Å². The molecular weight excluding hydrogens is 308 g/mol. The molecular formula is C21H24N4. The molecule has 4 nitrogen and oxygen atoms in total. The van der Waals surface area contributed by atoms with Gasteiger partial charge < -0.3 is 14.5 Å². The van der Waals surface area contributed by atoms with E-state index in [9.17, 15) is 0 Å². The second-order valence-corrected chi connectivity index (χ2v) is 6.69. The Morgan fingerprint density at radius 2 is 2.04 bits per heavy atom. The van der Waals surface area contributed by atoms with E-state index < -0.39 is 0 Å². The molecule has 4 rings (SSSR count). The maximum absolute atomic E-state index is 4.57. The monoisotopic (exact) mass is 332 g/mol. The average Bonchev–Trinajstić information content (AvgIpc) is 3.30. The Kier molecular flexibility index (Phi) is 4.42. The summed E-state index contributed by atoms with van der Waals surface area (Å²) in [5.41, 5.74) is 5.22. The fourth-order valence-electron chi connectivity index (χ4n) is 3.64. The molecule has 128 valence electrons. The predicted molar refractivity (Wildman–Crippen MR) is 101 cm³/mol. The van der Waals surface area contributed by atoms with Gasteiger partial charge in [0, 0.05) is 61.8 Å². The van der Waals surface area contributed by atoms with E-state index in [1.165, 1.54) is 35.2 Å². The number of aryl methyl sites for hydroxylation is 1. The van der Waals surface area contributed by atoms with Crippen LogP contribution in [0.25, 0.3) is 5.57 Å². The normalized spacial score (nSPS) is 16.9. The van der Waals surface area contributed by atoms with E-state index >= 15 is 0 Å². The quantitative estimate of drug-likeness (QED) is 0.777. The molecule has 2 aromatic heterocycles. The van der Waals surface area contributed by atoms with Gasteiger partial charge in [-0.25, -0.2) is 4.98 Å². The number of imidazole rings is 1. The zero-order valence-corrected chi connectivity index (χ0v) is 14.7. The molecule has 1 fully saturated rings. The van der Waals surface area contributed by atoms with E-state index in [0.717, 1.165) is 25.3 Å². The van der Waals surface area contributed by atoms with Crippen LogP contribution in [0.5, 0.6) is 0 Å². The maximum Gasteiger partial charge on any atom is 0.139 e. The van der Waals surface area contributed by atoms with Crippen molar-refractivity contribution in [2.45, 2.75) is 25.8 Å². The van der Waals surface area contributed by atoms with Crippen LogP contribution in [0.3, 0.4) is 0 Å². The van der Waals surface area contributed by atoms with Crippen molar-refractivity contribution in [1.29, 1.82) is 0 Å². The van der Waals surface area contributed by atoms with Gasteiger partial charge >= 0.3 is 0 Å². The largest absolute Gasteiger partial charge is 0.370 e. The second-order valence-electron chi connectivity index (χ2n) is 6.69. The lowest BCUT2D eigenvalue weighted by Gasteiger charge is -2.33. The number of hydrogen-bond donors (Lipinski definition) is 1. The van der Waals surface area contributed by atoms with Gasteiger partial charge in [-0.15, -0.1) is 0 Å². The summed E-state index contributed by atoms with van der Waals surface area (Å²) >= 11 is 0. The third kappa shape index (κ3) is 3.38. The summed E-state index contributed by atoms with van der Waals surface area (Å²) in [6.07, 6.45) is 11.6. The number of likely N-dealkylation sites (tertiary alicyclic amines) is 1. The van der Waals surface area contributed by atoms with Crippen LogP contribution in [-0.4, -0.2) is 26.0 Å². The highest BCUT2D eigenvalue weighted by molar-refractivity contribution is 5.78. The topological polar surface area (TPSA) is 36.9 Å². The first-order valence-electron chi connectivity index (χ1n) is 8.95. The average molecular weight is 332 g/mol. The van der Waals surface area contributed by atoms with Gasteiger partial charge in [-0.3, -0.25) is 0 Å². The first kappa shape index (κ1) is 15.8. The van der Waals surface area contributed by atoms with Crippen molar-refractivity contribution < 1.29 is 0 Å². The molecule has 1 aromatic carbocycles. The fraction of sp³-hybridized carbons (Fsp3) is 0.286. The van der Waals surface area contributed by atoms with Crippen molar-refractivity contribution in [3.8, 4) is 0 Å². The predicted octanol–water partition coefficient (Wildman–Crippen LogP) is 4.19. The third-order valence-electron chi connectivity index (χ3n) is 4.83. The number of allylic oxidation sites excluding steroid dienone is 1. The lowest BCUT2D eigenvalue weighted by molar-refractivity contribution is 0.284. The molecule has 0 spiro atoms. The molecule has 25 heavy (non-hydrogen) atoms. The molecule has 1 N–H and O–H groups in total. The van der Waals surface area contributed by atoms with Crippen LogP contribution in [0.15, 0.2) is 66.9 Å². The van der Waals surface area contributed by atoms with Gasteiger partial charge in [0.1, 0.15) is 5.82 Å². The number of benzene rings is 1. The number of nitrogens with zero attached hydrogens (tertiary/aromatic N) is 3. The highest BCUT2D eigenvalue weighted by atomic mass is 15.1. The lowest BCUT2D eigenvalue weighted by atomic mass is 9.97. The second kappa shape index (κ2) is 7.01. The van der Waals surface area contributed by atoms with Gasteiger partial charge in [-0.1, -0.05) is 30.3 Å². The minimum Gasteiger partial charge on any atom is -0.370 e. The number of aromatic nitrogens is 3. The van der Waals surface area contributed by atoms with E-state index in [1.807, 2.05) is 12.4 Å². The molecule has 3 heterocycles. The molecule has 0 atom stereocenters. The van der Waals surface area contributed by atoms with E-state index in [1.54, 1.807) is 0 Å². The van der Waals surface area contributed by atoms with Crippen LogP contribution >= 0.6 is 0 Å². The fourth-order valence-corrected chi connectivity index (χ4v) is 3.64. The summed E-state index contributed by atoms with van der Waals surface area (Å²) in [7, 11) is 2.07. The van der Waals surface area contributed by atoms with Crippen molar-refractivity contribution >= 4 is 5.57 Å². The summed E-state index contributed by atoms with van der Waals surface area (Å²) in [4.78, 5) is 10.4. The molecule has 1 saturated heterocycles. The minimum atomic E-state index is 0.952. The van der Waals surface area contributed by atoms with Crippen molar-refractivity contribution in [2.24, 2.45) is 7.05 Å². The van der Waals surface area contributed by atoms with Gasteiger partial charge in [-0.2, -0.15) is 0 Å². The van der Waals surface area contributed by atoms with Crippen LogP contribution in [0.1, 0.15) is 36.2 Å². The van der Waals surface area contributed by atoms with Crippen molar-refractivity contribution in [3.05, 3.63) is 83.8 Å². The highest BCUT2D eigenvalue weighted by Gasteiger charge is 2.23. The van der Waals surface area contributed by atoms with Gasteiger partial charge in [0.05, 0.1) is 0 Å². The molecule has 0 unspecified atom stereocenters. The van der Waals surface area contributed by atoms with Gasteiger partial charge in [0.15, 0.2) is 0 Å². The van der Waals surface area contributed by atoms with E-state index in [2.05, 4.69) is 75.3 Å². The molecule has 0 radical (unpaired) electrons. The van der Waals surface area contributed by atoms with Gasteiger partial charge in [0.25, 0.3) is 0 Å². The van der Waals surface area contributed by atoms with E-state index in [4.69, 9.17) is 0 Å². The highest BCUT2D eigenvalue weighted by Crippen LogP contribution is 2.33. The Morgan fingerprint density at radius 1 is 1.16 bits per heavy atom. The Labute approximate surface area is 148 Å². The smallest absolute Gasteiger partial charge is 0.139 e. The van der Waals surface area contributed by atoms with Crippen molar-refractivity contribution in [2.75, 3.05) is 6.54 Å². The number of H-pyrrole nitrogens is 1. The molecule has 1 aliphatic rings. The summed E-state index contributed by atoms with van der Waals surface area (Å²) in [5.74, 6) is 0.959. The molecule has 4 heteroatoms. The molecule has 0 amide bonds. The number of hydrogen-bond acceptors (Lipinski definition) is 2. The number of nitrogens with one attached hydrogen (secondary N) is 1. The van der Waals surface area contributed by atoms with Crippen molar-refractivity contribution in [3.63, 3.8) is 0 Å². The zero-order valence-electron chi connectivity index (χ0n) is 14.7. The Balaban J connectivity index is 1.78. The standard InChI is InChI=1S/C21H24N4/c1-24-14-10-18(16-24)20(21-22-11-12-23-21)19-9-5-6-13-25(19)15-17-7-3-2-4-8-17/h2-4,7-8,10-12,14,16H,5-6,9,13,15H2,1H3,(H,22,23)/b20-19-. The van der Waals surface area contributed by atoms with Crippen LogP contribution in [0.4, 0.5) is 0 Å². The SMILES string of the molecule is Cn1ccc(/C(=C2\CCCCN2Cc2ccccc2)c2ncc[nH]2)c1. The van der Waals surface area contributed by atoms with Crippen LogP contribution in [0.2, 0.25) is 0 Å². The van der Waals surface area contributed by atoms with Gasteiger partial charge in [0.2, 0.25) is 0 Å². The number of rotatable bonds is 4. The Bertz CT molecular complexity index is 843. The summed E-state index contributed by atoms with van der Waals surface area (Å²) in [5, 5.41) is 0. The van der Waals surface area contributed by atoms with E-state index in [-0.39, 0.29) is 0 Å². The molecule has 1 aliphatic heterocycles. The Morgan fingerprint density at radius 3 is 2.76 bits per heavy atom. The zero-order chi connectivity index (χ0) is 17.1. The van der Waals surface area contributed by atoms with Crippen LogP contribution in [0, 0.1) is 0 Å². The van der Waals surface area contributed by atoms with Gasteiger partial charge in [-0.05, 0) is 30.9 Å². The maximum atomic E-state index is 4.57. The first-order valence-corrected chi connectivity index (χ1v) is 8.95. The van der Waals surface area contributed by atoms with Crippen LogP contribution in [-0.2, 0) is 13.6 Å². The molecule has 0 saturated carbocycles. The Hall–Kier alpha value is -2.75. The first-order chi connectivity index (χ1) is 12.3. The minimum absolute atomic E-state index is 0.952. The van der Waals surface area contributed by atoms with Crippen molar-refractivity contribution in [1.82, 2.24) is 19.4 Å². The van der Waals surface area contributed by atoms with Crippen LogP contribution < -0.4 is 0 Å². The summed E-state index contributed by atoms with van der Waals surface area (Å²) in [6, 6.07) is 12.9. The third-order valence-corrected chi connectivity index (χ3v) is 4.83. The lowest BCUT2D eigenvalue weighted by Crippen LogP contribution is -2.28. The molecule has 0 bridgehead atoms. The summed E-state index contributed by atoms with van der Waals surface area (Å²) < 4.78 is 2.10. The number of piperidine rings is 1. The number of aromatic amines is 1. The molecule has 3 aromatic rings. The summed E-state index contributed by atoms with van der Waals surface area (Å²) in [6.45, 7) is 2.05. The molecule has 0 aliphatic carbocycles.